The molecule has 4 heterocycles. The molecule has 286 valence electrons. The fraction of sp³-hybridized carbons (Fsp3) is 0.421. The number of rotatable bonds is 13. The van der Waals surface area contributed by atoms with Gasteiger partial charge in [-0.1, -0.05) is 50.3 Å². The minimum Gasteiger partial charge on any atom is -0.472 e. The van der Waals surface area contributed by atoms with E-state index < -0.39 is 27.4 Å². The van der Waals surface area contributed by atoms with E-state index in [9.17, 15) is 23.4 Å². The van der Waals surface area contributed by atoms with E-state index in [1.165, 1.54) is 29.0 Å². The Morgan fingerprint density at radius 3 is 2.48 bits per heavy atom. The van der Waals surface area contributed by atoms with Crippen molar-refractivity contribution >= 4 is 38.6 Å². The number of aromatic nitrogens is 6. The standard InChI is InChI=1S/C38H47N9O6S/c1-7-29-20-46(54(51,52)32-10-9-15-39-35(32)53-29)19-26-16-25(12-11-23(26)3)33(30-13-14-31-34(24(30)4)44-45-47(31)8-2)38(5,6)36(50)42-27-17-40-37(41-18-27)43-28(21-48)22-49/h9-18,28-29,33,48-49H,7-8,19-22H2,1-6H3,(H,42,50)(H,40,41,43)/t29-,33+/m1/s1. The van der Waals surface area contributed by atoms with Crippen LogP contribution in [0.4, 0.5) is 11.6 Å². The van der Waals surface area contributed by atoms with E-state index in [4.69, 9.17) is 4.74 Å². The number of pyridine rings is 1. The van der Waals surface area contributed by atoms with Gasteiger partial charge in [0, 0.05) is 25.2 Å². The van der Waals surface area contributed by atoms with Gasteiger partial charge in [0.25, 0.3) is 0 Å². The van der Waals surface area contributed by atoms with E-state index in [2.05, 4.69) is 35.9 Å². The predicted molar refractivity (Wildman–Crippen MR) is 204 cm³/mol. The summed E-state index contributed by atoms with van der Waals surface area (Å²) >= 11 is 0. The SMILES string of the molecule is CC[C@@H]1CN(Cc2cc([C@@H](c3ccc4c(nnn4CC)c3C)C(C)(C)C(=O)Nc3cnc(NC(CO)CO)nc3)ccc2C)S(=O)(=O)c2cccnc2O1. The average Bonchev–Trinajstić information content (AvgIpc) is 3.55. The van der Waals surface area contributed by atoms with Crippen molar-refractivity contribution in [2.24, 2.45) is 5.41 Å². The number of aliphatic hydroxyl groups is 2. The molecule has 0 bridgehead atoms. The van der Waals surface area contributed by atoms with Crippen molar-refractivity contribution in [3.63, 3.8) is 0 Å². The first-order valence-electron chi connectivity index (χ1n) is 18.0. The number of fused-ring (bicyclic) bond motifs is 2. The smallest absolute Gasteiger partial charge is 0.248 e. The Hall–Kier alpha value is -5.03. The fourth-order valence-corrected chi connectivity index (χ4v) is 8.37. The zero-order valence-corrected chi connectivity index (χ0v) is 32.1. The molecule has 0 saturated heterocycles. The first kappa shape index (κ1) is 38.7. The lowest BCUT2D eigenvalue weighted by Gasteiger charge is -2.35. The molecule has 0 fully saturated rings. The number of nitrogens with one attached hydrogen (secondary N) is 2. The average molecular weight is 758 g/mol. The second kappa shape index (κ2) is 15.8. The molecule has 54 heavy (non-hydrogen) atoms. The zero-order valence-electron chi connectivity index (χ0n) is 31.3. The second-order valence-electron chi connectivity index (χ2n) is 14.1. The van der Waals surface area contributed by atoms with Gasteiger partial charge in [-0.25, -0.2) is 28.1 Å². The summed E-state index contributed by atoms with van der Waals surface area (Å²) in [5.74, 6) is -0.534. The minimum atomic E-state index is -3.96. The molecule has 3 aromatic heterocycles. The summed E-state index contributed by atoms with van der Waals surface area (Å²) in [6.45, 7) is 11.9. The Labute approximate surface area is 314 Å². The van der Waals surface area contributed by atoms with Gasteiger partial charge in [-0.15, -0.1) is 5.10 Å². The van der Waals surface area contributed by atoms with Gasteiger partial charge in [-0.2, -0.15) is 4.31 Å². The lowest BCUT2D eigenvalue weighted by atomic mass is 9.69. The Morgan fingerprint density at radius 1 is 1.06 bits per heavy atom. The number of ether oxygens (including phenoxy) is 1. The van der Waals surface area contributed by atoms with Crippen molar-refractivity contribution in [1.29, 1.82) is 0 Å². The van der Waals surface area contributed by atoms with Gasteiger partial charge in [0.1, 0.15) is 16.5 Å². The number of hydrogen-bond donors (Lipinski definition) is 4. The van der Waals surface area contributed by atoms with Crippen molar-refractivity contribution in [3.8, 4) is 5.88 Å². The predicted octanol–water partition coefficient (Wildman–Crippen LogP) is 4.18. The highest BCUT2D eigenvalue weighted by Gasteiger charge is 2.41. The van der Waals surface area contributed by atoms with Gasteiger partial charge < -0.3 is 25.6 Å². The first-order chi connectivity index (χ1) is 25.8. The number of carbonyl (C=O) groups is 1. The quantitative estimate of drug-likeness (QED) is 0.134. The molecule has 15 nitrogen and oxygen atoms in total. The van der Waals surface area contributed by atoms with Crippen LogP contribution in [0.2, 0.25) is 0 Å². The maximum absolute atomic E-state index is 14.4. The number of anilines is 2. The van der Waals surface area contributed by atoms with Crippen LogP contribution < -0.4 is 15.4 Å². The normalized spacial score (nSPS) is 16.4. The van der Waals surface area contributed by atoms with Gasteiger partial charge in [-0.05, 0) is 73.2 Å². The largest absolute Gasteiger partial charge is 0.472 e. The summed E-state index contributed by atoms with van der Waals surface area (Å²) in [5.41, 5.74) is 5.13. The maximum atomic E-state index is 14.4. The van der Waals surface area contributed by atoms with Gasteiger partial charge in [0.15, 0.2) is 0 Å². The third kappa shape index (κ3) is 7.51. The van der Waals surface area contributed by atoms with Crippen LogP contribution in [0, 0.1) is 19.3 Å². The summed E-state index contributed by atoms with van der Waals surface area (Å²) in [4.78, 5) is 27.1. The molecule has 0 spiro atoms. The Balaban J connectivity index is 1.40. The highest BCUT2D eigenvalue weighted by Crippen LogP contribution is 2.45. The van der Waals surface area contributed by atoms with Crippen molar-refractivity contribution in [3.05, 3.63) is 88.9 Å². The number of benzene rings is 2. The molecular weight excluding hydrogens is 711 g/mol. The number of nitrogens with zero attached hydrogens (tertiary/aromatic N) is 7. The topological polar surface area (TPSA) is 198 Å². The third-order valence-electron chi connectivity index (χ3n) is 10.1. The van der Waals surface area contributed by atoms with Crippen molar-refractivity contribution < 1.29 is 28.2 Å². The lowest BCUT2D eigenvalue weighted by molar-refractivity contribution is -0.124. The van der Waals surface area contributed by atoms with E-state index in [0.717, 1.165) is 38.9 Å². The molecule has 0 radical (unpaired) electrons. The Bertz CT molecular complexity index is 2240. The van der Waals surface area contributed by atoms with Crippen LogP contribution in [0.25, 0.3) is 11.0 Å². The lowest BCUT2D eigenvalue weighted by Crippen LogP contribution is -2.38. The number of sulfonamides is 1. The second-order valence-corrected chi connectivity index (χ2v) is 16.0. The van der Waals surface area contributed by atoms with E-state index in [0.29, 0.717) is 18.7 Å². The molecule has 2 atom stereocenters. The number of aryl methyl sites for hydroxylation is 3. The van der Waals surface area contributed by atoms with Gasteiger partial charge in [-0.3, -0.25) is 4.79 Å². The Kier molecular flexibility index (Phi) is 11.3. The molecular formula is C38H47N9O6S. The van der Waals surface area contributed by atoms with Crippen LogP contribution in [0.5, 0.6) is 5.88 Å². The highest BCUT2D eigenvalue weighted by atomic mass is 32.2. The van der Waals surface area contributed by atoms with E-state index in [1.54, 1.807) is 6.07 Å². The Morgan fingerprint density at radius 2 is 1.80 bits per heavy atom. The molecule has 6 rings (SSSR count). The van der Waals surface area contributed by atoms with E-state index >= 15 is 0 Å². The monoisotopic (exact) mass is 757 g/mol. The first-order valence-corrected chi connectivity index (χ1v) is 19.4. The fourth-order valence-electron chi connectivity index (χ4n) is 6.85. The molecule has 5 aromatic rings. The molecule has 1 aliphatic rings. The van der Waals surface area contributed by atoms with Gasteiger partial charge in [0.05, 0.1) is 54.8 Å². The molecule has 1 aliphatic heterocycles. The van der Waals surface area contributed by atoms with Crippen molar-refractivity contribution in [2.45, 2.75) is 84.0 Å². The van der Waals surface area contributed by atoms with Crippen molar-refractivity contribution in [2.75, 3.05) is 30.4 Å². The number of carbonyl (C=O) groups excluding carboxylic acids is 1. The summed E-state index contributed by atoms with van der Waals surface area (Å²) < 4.78 is 37.5. The van der Waals surface area contributed by atoms with Gasteiger partial charge in [0.2, 0.25) is 27.8 Å². The maximum Gasteiger partial charge on any atom is 0.248 e. The van der Waals surface area contributed by atoms with Crippen molar-refractivity contribution in [1.82, 2.24) is 34.3 Å². The minimum absolute atomic E-state index is 0.0314. The molecule has 0 unspecified atom stereocenters. The summed E-state index contributed by atoms with van der Waals surface area (Å²) in [7, 11) is -3.96. The molecule has 0 saturated carbocycles. The molecule has 1 amide bonds. The van der Waals surface area contributed by atoms with Crippen LogP contribution in [0.3, 0.4) is 0 Å². The van der Waals surface area contributed by atoms with Crippen LogP contribution in [-0.4, -0.2) is 90.7 Å². The third-order valence-corrected chi connectivity index (χ3v) is 12.0. The number of amides is 1. The van der Waals surface area contributed by atoms with E-state index in [-0.39, 0.29) is 55.0 Å². The summed E-state index contributed by atoms with van der Waals surface area (Å²) in [5, 5.41) is 33.5. The molecule has 16 heteroatoms. The molecule has 4 N–H and O–H groups in total. The molecule has 0 aliphatic carbocycles. The number of aliphatic hydroxyl groups excluding tert-OH is 2. The van der Waals surface area contributed by atoms with Crippen LogP contribution in [0.1, 0.15) is 67.9 Å². The zero-order chi connectivity index (χ0) is 38.8. The summed E-state index contributed by atoms with van der Waals surface area (Å²) in [6.07, 6.45) is 4.64. The van der Waals surface area contributed by atoms with Crippen LogP contribution in [-0.2, 0) is 27.9 Å². The molecule has 2 aromatic carbocycles. The van der Waals surface area contributed by atoms with E-state index in [1.807, 2.05) is 76.6 Å². The van der Waals surface area contributed by atoms with Gasteiger partial charge >= 0.3 is 0 Å². The summed E-state index contributed by atoms with van der Waals surface area (Å²) in [6, 6.07) is 12.4. The van der Waals surface area contributed by atoms with Crippen LogP contribution in [0.15, 0.2) is 66.0 Å². The van der Waals surface area contributed by atoms with Crippen LogP contribution >= 0.6 is 0 Å². The number of hydrogen-bond acceptors (Lipinski definition) is 12. The highest BCUT2D eigenvalue weighted by molar-refractivity contribution is 7.89.